The third-order valence-corrected chi connectivity index (χ3v) is 10.5. The number of carbonyl (C=O) groups is 2. The lowest BCUT2D eigenvalue weighted by Gasteiger charge is -2.41. The van der Waals surface area contributed by atoms with E-state index >= 15 is 0 Å². The molecule has 12 heteroatoms. The summed E-state index contributed by atoms with van der Waals surface area (Å²) in [4.78, 5) is 26.8. The number of hydrogen-bond acceptors (Lipinski definition) is 8. The summed E-state index contributed by atoms with van der Waals surface area (Å²) in [6, 6.07) is 0.853. The fraction of sp³-hybridized carbons (Fsp3) is 0.636. The second-order valence-electron chi connectivity index (χ2n) is 12.5. The highest BCUT2D eigenvalue weighted by atomic mass is 32.2. The molecular weight excluding hydrogens is 600 g/mol. The van der Waals surface area contributed by atoms with Crippen molar-refractivity contribution in [3.05, 3.63) is 46.1 Å². The number of aliphatic carboxylic acids is 1. The molecule has 45 heavy (non-hydrogen) atoms. The fourth-order valence-electron chi connectivity index (χ4n) is 6.25. The lowest BCUT2D eigenvalue weighted by molar-refractivity contribution is -0.138. The molecule has 1 aromatic carbocycles. The van der Waals surface area contributed by atoms with E-state index in [9.17, 15) is 28.2 Å². The van der Waals surface area contributed by atoms with Gasteiger partial charge in [-0.15, -0.1) is 0 Å². The Kier molecular flexibility index (Phi) is 11.4. The largest absolute Gasteiger partial charge is 0.484 e. The highest BCUT2D eigenvalue weighted by Crippen LogP contribution is 2.47. The number of rotatable bonds is 14. The molecule has 0 saturated carbocycles. The summed E-state index contributed by atoms with van der Waals surface area (Å²) in [5, 5.41) is 20.9. The van der Waals surface area contributed by atoms with E-state index in [0.29, 0.717) is 36.1 Å². The van der Waals surface area contributed by atoms with Crippen molar-refractivity contribution < 1.29 is 41.9 Å². The van der Waals surface area contributed by atoms with Gasteiger partial charge in [-0.2, -0.15) is 12.7 Å². The molecule has 0 aliphatic carbocycles. The number of morpholine rings is 1. The van der Waals surface area contributed by atoms with Crippen molar-refractivity contribution in [3.8, 4) is 11.5 Å². The molecule has 3 aliphatic rings. The second kappa shape index (κ2) is 14.7. The quantitative estimate of drug-likeness (QED) is 0.273. The van der Waals surface area contributed by atoms with Crippen LogP contribution in [-0.2, 0) is 32.8 Å². The van der Waals surface area contributed by atoms with Crippen LogP contribution in [0.5, 0.6) is 11.5 Å². The molecule has 2 N–H and O–H groups in total. The lowest BCUT2D eigenvalue weighted by atomic mass is 9.84. The number of benzene rings is 1. The first-order chi connectivity index (χ1) is 21.3. The average Bonchev–Trinajstić information content (AvgIpc) is 3.32. The Morgan fingerprint density at radius 2 is 1.82 bits per heavy atom. The van der Waals surface area contributed by atoms with Gasteiger partial charge in [0.1, 0.15) is 11.4 Å². The molecule has 250 valence electrons. The van der Waals surface area contributed by atoms with Gasteiger partial charge in [0.15, 0.2) is 5.75 Å². The molecule has 0 bridgehead atoms. The topological polar surface area (TPSA) is 143 Å². The molecule has 3 atom stereocenters. The Balaban J connectivity index is 1.66. The molecule has 11 nitrogen and oxygen atoms in total. The highest BCUT2D eigenvalue weighted by Gasteiger charge is 2.46. The molecule has 3 heterocycles. The van der Waals surface area contributed by atoms with Crippen molar-refractivity contribution in [1.29, 1.82) is 0 Å². The Morgan fingerprint density at radius 3 is 2.44 bits per heavy atom. The minimum absolute atomic E-state index is 0.0657. The standard InChI is InChI=1S/C33H48N2O9S/c1-6-9-22(3)11-12-23(4)10-8-13-33(5)29(36)20-26-28(44-45(40,41)34-14-16-42-17-15-34)19-25-27(31(26)43-33)21-35(32(25)39)24(7-2)18-30(37)38/h9-10,19,24,29,36H,6-8,11-18,20-21H2,1-5H3,(H,37,38)/b22-9?,23-10+/t24-,29?,33+/m0/s1. The zero-order valence-corrected chi connectivity index (χ0v) is 28.0. The first kappa shape index (κ1) is 34.9. The fourth-order valence-corrected chi connectivity index (χ4v) is 7.32. The third kappa shape index (κ3) is 8.08. The Labute approximate surface area is 267 Å². The lowest BCUT2D eigenvalue weighted by Crippen LogP contribution is -2.49. The van der Waals surface area contributed by atoms with E-state index in [4.69, 9.17) is 13.7 Å². The van der Waals surface area contributed by atoms with Gasteiger partial charge in [0.2, 0.25) is 0 Å². The van der Waals surface area contributed by atoms with Gasteiger partial charge in [0, 0.05) is 36.7 Å². The number of hydrogen-bond donors (Lipinski definition) is 2. The molecule has 0 aromatic heterocycles. The Morgan fingerprint density at radius 1 is 1.16 bits per heavy atom. The number of aliphatic hydroxyl groups is 1. The zero-order chi connectivity index (χ0) is 32.9. The summed E-state index contributed by atoms with van der Waals surface area (Å²) in [7, 11) is -4.24. The summed E-state index contributed by atoms with van der Waals surface area (Å²) in [5.41, 5.74) is 2.75. The van der Waals surface area contributed by atoms with Crippen LogP contribution in [0.3, 0.4) is 0 Å². The first-order valence-electron chi connectivity index (χ1n) is 16.0. The van der Waals surface area contributed by atoms with Crippen LogP contribution in [0, 0.1) is 0 Å². The maximum Gasteiger partial charge on any atom is 0.385 e. The van der Waals surface area contributed by atoms with E-state index in [1.165, 1.54) is 26.4 Å². The van der Waals surface area contributed by atoms with Crippen molar-refractivity contribution in [1.82, 2.24) is 9.21 Å². The van der Waals surface area contributed by atoms with Gasteiger partial charge >= 0.3 is 16.3 Å². The number of nitrogens with zero attached hydrogens (tertiary/aromatic N) is 2. The van der Waals surface area contributed by atoms with E-state index in [0.717, 1.165) is 19.3 Å². The Hall–Kier alpha value is -2.93. The van der Waals surface area contributed by atoms with Gasteiger partial charge in [-0.25, -0.2) is 0 Å². The van der Waals surface area contributed by atoms with Crippen LogP contribution in [0.15, 0.2) is 29.4 Å². The maximum absolute atomic E-state index is 13.7. The second-order valence-corrected chi connectivity index (χ2v) is 14.1. The smallest absolute Gasteiger partial charge is 0.385 e. The van der Waals surface area contributed by atoms with Crippen LogP contribution in [0.2, 0.25) is 0 Å². The molecule has 1 fully saturated rings. The summed E-state index contributed by atoms with van der Waals surface area (Å²) >= 11 is 0. The summed E-state index contributed by atoms with van der Waals surface area (Å²) in [6.07, 6.45) is 7.82. The number of amides is 1. The summed E-state index contributed by atoms with van der Waals surface area (Å²) in [6.45, 7) is 10.9. The number of ether oxygens (including phenoxy) is 2. The number of allylic oxidation sites excluding steroid dienone is 4. The van der Waals surface area contributed by atoms with Gasteiger partial charge in [-0.05, 0) is 65.4 Å². The highest BCUT2D eigenvalue weighted by molar-refractivity contribution is 7.84. The SMILES string of the molecule is CCC=C(C)CC/C(C)=C/CC[C@@]1(C)Oc2c(c(OS(=O)(=O)N3CCOCC3)cc3c2CN([C@@H](CC)CC(=O)O)C3=O)CC1O. The number of aliphatic hydroxyl groups excluding tert-OH is 1. The summed E-state index contributed by atoms with van der Waals surface area (Å²) in [5.74, 6) is -1.16. The number of carbonyl (C=O) groups excluding carboxylic acids is 1. The molecule has 1 saturated heterocycles. The first-order valence-corrected chi connectivity index (χ1v) is 17.3. The van der Waals surface area contributed by atoms with Crippen molar-refractivity contribution in [2.45, 2.75) is 110 Å². The molecular formula is C33H48N2O9S. The molecule has 0 spiro atoms. The summed E-state index contributed by atoms with van der Waals surface area (Å²) < 4.78 is 45.3. The number of carboxylic acids is 1. The molecule has 1 amide bonds. The molecule has 3 aliphatic heterocycles. The molecule has 1 aromatic rings. The van der Waals surface area contributed by atoms with Gasteiger partial charge in [-0.1, -0.05) is 37.1 Å². The van der Waals surface area contributed by atoms with E-state index in [1.807, 2.05) is 13.8 Å². The van der Waals surface area contributed by atoms with Crippen LogP contribution in [-0.4, -0.2) is 83.8 Å². The van der Waals surface area contributed by atoms with Gasteiger partial charge in [-0.3, -0.25) is 9.59 Å². The van der Waals surface area contributed by atoms with Crippen LogP contribution < -0.4 is 8.92 Å². The van der Waals surface area contributed by atoms with Crippen molar-refractivity contribution in [3.63, 3.8) is 0 Å². The predicted octanol–water partition coefficient (Wildman–Crippen LogP) is 4.77. The van der Waals surface area contributed by atoms with Crippen molar-refractivity contribution in [2.75, 3.05) is 26.3 Å². The van der Waals surface area contributed by atoms with Gasteiger partial charge in [0.05, 0.1) is 37.8 Å². The third-order valence-electron chi connectivity index (χ3n) is 9.11. The van der Waals surface area contributed by atoms with Crippen molar-refractivity contribution in [2.24, 2.45) is 0 Å². The minimum Gasteiger partial charge on any atom is -0.484 e. The van der Waals surface area contributed by atoms with Gasteiger partial charge in [0.25, 0.3) is 5.91 Å². The van der Waals surface area contributed by atoms with E-state index < -0.39 is 39.9 Å². The molecule has 0 radical (unpaired) electrons. The van der Waals surface area contributed by atoms with Crippen LogP contribution in [0.25, 0.3) is 0 Å². The zero-order valence-electron chi connectivity index (χ0n) is 27.1. The van der Waals surface area contributed by atoms with Crippen LogP contribution >= 0.6 is 0 Å². The minimum atomic E-state index is -4.24. The number of fused-ring (bicyclic) bond motifs is 3. The number of carboxylic acid groups (broad SMARTS) is 1. The molecule has 4 rings (SSSR count). The van der Waals surface area contributed by atoms with Crippen molar-refractivity contribution >= 4 is 22.2 Å². The van der Waals surface area contributed by atoms with Crippen LogP contribution in [0.1, 0.15) is 101 Å². The normalized spacial score (nSPS) is 23.4. The van der Waals surface area contributed by atoms with E-state index in [1.54, 1.807) is 0 Å². The van der Waals surface area contributed by atoms with E-state index in [2.05, 4.69) is 32.9 Å². The maximum atomic E-state index is 13.7. The monoisotopic (exact) mass is 648 g/mol. The molecule has 1 unspecified atom stereocenters. The van der Waals surface area contributed by atoms with Gasteiger partial charge < -0.3 is 28.8 Å². The Bertz CT molecular complexity index is 1430. The van der Waals surface area contributed by atoms with E-state index in [-0.39, 0.29) is 57.0 Å². The average molecular weight is 649 g/mol. The predicted molar refractivity (Wildman–Crippen MR) is 170 cm³/mol. The van der Waals surface area contributed by atoms with Crippen LogP contribution in [0.4, 0.5) is 0 Å².